The van der Waals surface area contributed by atoms with Crippen LogP contribution in [0, 0.1) is 0 Å². The minimum atomic E-state index is -0.126. The van der Waals surface area contributed by atoms with E-state index in [1.165, 1.54) is 22.6 Å². The zero-order chi connectivity index (χ0) is 22.9. The Morgan fingerprint density at radius 1 is 1.06 bits per heavy atom. The summed E-state index contributed by atoms with van der Waals surface area (Å²) in [5.74, 6) is 1.73. The van der Waals surface area contributed by atoms with Gasteiger partial charge < -0.3 is 19.8 Å². The van der Waals surface area contributed by atoms with Crippen molar-refractivity contribution in [2.45, 2.75) is 0 Å². The van der Waals surface area contributed by atoms with Crippen molar-refractivity contribution >= 4 is 55.1 Å². The van der Waals surface area contributed by atoms with Gasteiger partial charge in [0, 0.05) is 24.1 Å². The van der Waals surface area contributed by atoms with Crippen LogP contribution in [0.2, 0.25) is 0 Å². The molecule has 33 heavy (non-hydrogen) atoms. The second-order valence-electron chi connectivity index (χ2n) is 7.19. The van der Waals surface area contributed by atoms with Crippen LogP contribution in [-0.4, -0.2) is 47.1 Å². The number of carbonyl (C=O) groups excluding carboxylic acids is 1. The van der Waals surface area contributed by atoms with Crippen LogP contribution in [0.15, 0.2) is 55.0 Å². The first-order valence-electron chi connectivity index (χ1n) is 10.0. The van der Waals surface area contributed by atoms with Gasteiger partial charge in [-0.15, -0.1) is 0 Å². The van der Waals surface area contributed by atoms with Crippen LogP contribution in [0.3, 0.4) is 0 Å². The van der Waals surface area contributed by atoms with Crippen LogP contribution < -0.4 is 19.7 Å². The van der Waals surface area contributed by atoms with E-state index in [1.807, 2.05) is 30.3 Å². The third-order valence-corrected chi connectivity index (χ3v) is 6.23. The first-order valence-corrected chi connectivity index (χ1v) is 10.8. The number of carbonyl (C=O) groups is 1. The molecule has 0 fully saturated rings. The molecule has 3 heterocycles. The number of amides is 1. The van der Waals surface area contributed by atoms with Crippen LogP contribution in [0.25, 0.3) is 21.9 Å². The van der Waals surface area contributed by atoms with Gasteiger partial charge in [0.2, 0.25) is 0 Å². The lowest BCUT2D eigenvalue weighted by molar-refractivity contribution is 0.0993. The third-order valence-electron chi connectivity index (χ3n) is 5.24. The lowest BCUT2D eigenvalue weighted by atomic mass is 10.2. The van der Waals surface area contributed by atoms with E-state index >= 15 is 0 Å². The standard InChI is InChI=1S/C23H20N6O3S/c1-29(22(30)13-7-5-4-6-8-13)23-24-11-18(33-23)28-21-19-14-9-16(31-2)17(32-3)10-15(14)27-20(19)25-12-26-21/h4-12H,1-3H3,(H2,25,26,27,28). The second-order valence-corrected chi connectivity index (χ2v) is 8.20. The Hall–Kier alpha value is -4.18. The van der Waals surface area contributed by atoms with Crippen LogP contribution in [0.1, 0.15) is 10.4 Å². The molecule has 0 atom stereocenters. The van der Waals surface area contributed by atoms with Gasteiger partial charge in [0.05, 0.1) is 31.3 Å². The summed E-state index contributed by atoms with van der Waals surface area (Å²) in [6, 6.07) is 12.9. The minimum absolute atomic E-state index is 0.126. The number of rotatable bonds is 6. The Morgan fingerprint density at radius 3 is 2.58 bits per heavy atom. The maximum Gasteiger partial charge on any atom is 0.259 e. The van der Waals surface area contributed by atoms with Crippen LogP contribution in [0.5, 0.6) is 11.5 Å². The molecule has 166 valence electrons. The molecule has 5 aromatic rings. The van der Waals surface area contributed by atoms with E-state index < -0.39 is 0 Å². The number of anilines is 3. The predicted octanol–water partition coefficient (Wildman–Crippen LogP) is 4.61. The zero-order valence-corrected chi connectivity index (χ0v) is 18.9. The quantitative estimate of drug-likeness (QED) is 0.381. The number of methoxy groups -OCH3 is 2. The fraction of sp³-hybridized carbons (Fsp3) is 0.130. The molecule has 0 aliphatic heterocycles. The number of hydrogen-bond donors (Lipinski definition) is 2. The van der Waals surface area contributed by atoms with E-state index in [4.69, 9.17) is 9.47 Å². The van der Waals surface area contributed by atoms with Gasteiger partial charge in [-0.2, -0.15) is 0 Å². The molecule has 0 radical (unpaired) electrons. The smallest absolute Gasteiger partial charge is 0.259 e. The lowest BCUT2D eigenvalue weighted by Gasteiger charge is -2.13. The van der Waals surface area contributed by atoms with Gasteiger partial charge in [-0.3, -0.25) is 9.69 Å². The summed E-state index contributed by atoms with van der Waals surface area (Å²) in [7, 11) is 4.90. The van der Waals surface area contributed by atoms with Crippen LogP contribution in [0.4, 0.5) is 16.0 Å². The highest BCUT2D eigenvalue weighted by Crippen LogP contribution is 2.38. The van der Waals surface area contributed by atoms with Crippen LogP contribution in [-0.2, 0) is 0 Å². The molecule has 0 saturated heterocycles. The number of benzene rings is 2. The largest absolute Gasteiger partial charge is 0.493 e. The molecule has 0 spiro atoms. The maximum atomic E-state index is 12.7. The zero-order valence-electron chi connectivity index (χ0n) is 18.1. The fourth-order valence-electron chi connectivity index (χ4n) is 3.60. The van der Waals surface area contributed by atoms with Gasteiger partial charge in [0.1, 0.15) is 22.8 Å². The third kappa shape index (κ3) is 3.70. The van der Waals surface area contributed by atoms with E-state index in [0.717, 1.165) is 21.3 Å². The predicted molar refractivity (Wildman–Crippen MR) is 129 cm³/mol. The molecular weight excluding hydrogens is 440 g/mol. The normalized spacial score (nSPS) is 11.0. The number of aromatic amines is 1. The Bertz CT molecular complexity index is 1460. The summed E-state index contributed by atoms with van der Waals surface area (Å²) in [6.07, 6.45) is 3.17. The Morgan fingerprint density at radius 2 is 1.82 bits per heavy atom. The maximum absolute atomic E-state index is 12.7. The number of fused-ring (bicyclic) bond motifs is 3. The Balaban J connectivity index is 1.49. The highest BCUT2D eigenvalue weighted by atomic mass is 32.1. The molecule has 1 amide bonds. The van der Waals surface area contributed by atoms with Crippen molar-refractivity contribution in [3.05, 3.63) is 60.6 Å². The fourth-order valence-corrected chi connectivity index (χ4v) is 4.38. The summed E-state index contributed by atoms with van der Waals surface area (Å²) in [4.78, 5) is 30.8. The molecule has 3 aromatic heterocycles. The van der Waals surface area contributed by atoms with Crippen molar-refractivity contribution in [3.63, 3.8) is 0 Å². The van der Waals surface area contributed by atoms with E-state index in [1.54, 1.807) is 39.6 Å². The van der Waals surface area contributed by atoms with Gasteiger partial charge in [-0.05, 0) is 18.2 Å². The van der Waals surface area contributed by atoms with E-state index in [0.29, 0.717) is 33.7 Å². The highest BCUT2D eigenvalue weighted by Gasteiger charge is 2.18. The van der Waals surface area contributed by atoms with Crippen molar-refractivity contribution < 1.29 is 14.3 Å². The molecule has 9 nitrogen and oxygen atoms in total. The summed E-state index contributed by atoms with van der Waals surface area (Å²) in [6.45, 7) is 0. The number of ether oxygens (including phenoxy) is 2. The Labute approximate surface area is 193 Å². The summed E-state index contributed by atoms with van der Waals surface area (Å²) >= 11 is 1.36. The number of nitrogens with one attached hydrogen (secondary N) is 2. The lowest BCUT2D eigenvalue weighted by Crippen LogP contribution is -2.25. The molecule has 2 N–H and O–H groups in total. The molecular formula is C23H20N6O3S. The van der Waals surface area contributed by atoms with E-state index in [-0.39, 0.29) is 5.91 Å². The average molecular weight is 461 g/mol. The summed E-state index contributed by atoms with van der Waals surface area (Å²) in [5.41, 5.74) is 2.13. The van der Waals surface area contributed by atoms with E-state index in [2.05, 4.69) is 25.3 Å². The molecule has 2 aromatic carbocycles. The number of aromatic nitrogens is 4. The summed E-state index contributed by atoms with van der Waals surface area (Å²) in [5, 5.41) is 6.35. The van der Waals surface area contributed by atoms with Crippen molar-refractivity contribution in [2.75, 3.05) is 31.5 Å². The molecule has 0 aliphatic rings. The highest BCUT2D eigenvalue weighted by molar-refractivity contribution is 7.19. The molecule has 5 rings (SSSR count). The van der Waals surface area contributed by atoms with E-state index in [9.17, 15) is 4.79 Å². The van der Waals surface area contributed by atoms with Gasteiger partial charge in [-0.25, -0.2) is 15.0 Å². The number of hydrogen-bond acceptors (Lipinski definition) is 8. The number of H-pyrrole nitrogens is 1. The average Bonchev–Trinajstić information content (AvgIpc) is 3.47. The molecule has 0 aliphatic carbocycles. The van der Waals surface area contributed by atoms with Gasteiger partial charge in [0.15, 0.2) is 16.6 Å². The van der Waals surface area contributed by atoms with Crippen molar-refractivity contribution in [1.29, 1.82) is 0 Å². The van der Waals surface area contributed by atoms with Gasteiger partial charge in [-0.1, -0.05) is 29.5 Å². The first-order chi connectivity index (χ1) is 16.1. The number of thiazole rings is 1. The SMILES string of the molecule is COc1cc2[nH]c3ncnc(Nc4cnc(N(C)C(=O)c5ccccc5)s4)c3c2cc1OC. The second kappa shape index (κ2) is 8.40. The Kier molecular flexibility index (Phi) is 5.27. The van der Waals surface area contributed by atoms with Crippen molar-refractivity contribution in [1.82, 2.24) is 19.9 Å². The molecule has 0 unspecified atom stereocenters. The van der Waals surface area contributed by atoms with Crippen molar-refractivity contribution in [2.24, 2.45) is 0 Å². The van der Waals surface area contributed by atoms with Gasteiger partial charge >= 0.3 is 0 Å². The topological polar surface area (TPSA) is 105 Å². The van der Waals surface area contributed by atoms with Gasteiger partial charge in [0.25, 0.3) is 5.91 Å². The van der Waals surface area contributed by atoms with Crippen molar-refractivity contribution in [3.8, 4) is 11.5 Å². The molecule has 0 saturated carbocycles. The first kappa shape index (κ1) is 20.7. The number of nitrogens with zero attached hydrogens (tertiary/aromatic N) is 4. The monoisotopic (exact) mass is 460 g/mol. The van der Waals surface area contributed by atoms with Crippen LogP contribution >= 0.6 is 11.3 Å². The minimum Gasteiger partial charge on any atom is -0.493 e. The molecule has 0 bridgehead atoms. The molecule has 10 heteroatoms. The summed E-state index contributed by atoms with van der Waals surface area (Å²) < 4.78 is 10.9.